The third kappa shape index (κ3) is 3.21. The summed E-state index contributed by atoms with van der Waals surface area (Å²) in [4.78, 5) is 13.8. The number of aryl methyl sites for hydroxylation is 1. The van der Waals surface area contributed by atoms with Crippen LogP contribution in [0, 0.1) is 6.92 Å². The summed E-state index contributed by atoms with van der Waals surface area (Å²) in [6.07, 6.45) is 4.97. The summed E-state index contributed by atoms with van der Waals surface area (Å²) in [5, 5.41) is 4.71. The molecule has 1 fully saturated rings. The van der Waals surface area contributed by atoms with Crippen molar-refractivity contribution in [1.29, 1.82) is 0 Å². The van der Waals surface area contributed by atoms with Gasteiger partial charge in [-0.25, -0.2) is 4.98 Å². The van der Waals surface area contributed by atoms with E-state index in [9.17, 15) is 0 Å². The minimum absolute atomic E-state index is 0.723. The van der Waals surface area contributed by atoms with Gasteiger partial charge in [-0.05, 0) is 46.2 Å². The SMILES string of the molecule is CCCN(C)Cc1nc2nc(C)cc(N3CCCCC3)n2n1. The Morgan fingerprint density at radius 1 is 1.18 bits per heavy atom. The van der Waals surface area contributed by atoms with Gasteiger partial charge in [-0.2, -0.15) is 9.50 Å². The zero-order valence-corrected chi connectivity index (χ0v) is 13.9. The second-order valence-electron chi connectivity index (χ2n) is 6.28. The van der Waals surface area contributed by atoms with Crippen LogP contribution in [0.1, 0.15) is 44.1 Å². The number of hydrogen-bond acceptors (Lipinski definition) is 5. The fourth-order valence-corrected chi connectivity index (χ4v) is 3.13. The van der Waals surface area contributed by atoms with Crippen LogP contribution in [0.15, 0.2) is 6.07 Å². The molecule has 120 valence electrons. The lowest BCUT2D eigenvalue weighted by Gasteiger charge is -2.28. The van der Waals surface area contributed by atoms with Gasteiger partial charge < -0.3 is 4.90 Å². The Hall–Kier alpha value is -1.69. The molecular formula is C16H26N6. The van der Waals surface area contributed by atoms with Crippen molar-refractivity contribution in [3.63, 3.8) is 0 Å². The van der Waals surface area contributed by atoms with Gasteiger partial charge in [0.05, 0.1) is 6.54 Å². The van der Waals surface area contributed by atoms with E-state index < -0.39 is 0 Å². The number of fused-ring (bicyclic) bond motifs is 1. The second-order valence-corrected chi connectivity index (χ2v) is 6.28. The van der Waals surface area contributed by atoms with Crippen molar-refractivity contribution >= 4 is 11.6 Å². The molecule has 0 aliphatic carbocycles. The van der Waals surface area contributed by atoms with E-state index in [1.165, 1.54) is 19.3 Å². The number of rotatable bonds is 5. The Balaban J connectivity index is 1.92. The van der Waals surface area contributed by atoms with Crippen LogP contribution in [0.4, 0.5) is 5.82 Å². The molecule has 0 bridgehead atoms. The first-order valence-corrected chi connectivity index (χ1v) is 8.34. The topological polar surface area (TPSA) is 49.6 Å². The molecule has 1 aliphatic heterocycles. The highest BCUT2D eigenvalue weighted by Crippen LogP contribution is 2.21. The molecule has 0 amide bonds. The Morgan fingerprint density at radius 3 is 2.68 bits per heavy atom. The first-order valence-electron chi connectivity index (χ1n) is 8.34. The number of nitrogens with zero attached hydrogens (tertiary/aromatic N) is 6. The van der Waals surface area contributed by atoms with Crippen molar-refractivity contribution in [3.05, 3.63) is 17.6 Å². The molecule has 0 saturated carbocycles. The third-order valence-corrected chi connectivity index (χ3v) is 4.16. The van der Waals surface area contributed by atoms with E-state index >= 15 is 0 Å². The van der Waals surface area contributed by atoms with Crippen molar-refractivity contribution in [1.82, 2.24) is 24.5 Å². The molecule has 1 saturated heterocycles. The van der Waals surface area contributed by atoms with Crippen molar-refractivity contribution < 1.29 is 0 Å². The van der Waals surface area contributed by atoms with Gasteiger partial charge in [0.1, 0.15) is 5.82 Å². The number of aromatic nitrogens is 4. The summed E-state index contributed by atoms with van der Waals surface area (Å²) >= 11 is 0. The van der Waals surface area contributed by atoms with Gasteiger partial charge in [-0.1, -0.05) is 6.92 Å². The van der Waals surface area contributed by atoms with Crippen LogP contribution in [-0.4, -0.2) is 51.2 Å². The third-order valence-electron chi connectivity index (χ3n) is 4.16. The van der Waals surface area contributed by atoms with Gasteiger partial charge in [-0.3, -0.25) is 4.90 Å². The Kier molecular flexibility index (Phi) is 4.57. The van der Waals surface area contributed by atoms with Gasteiger partial charge >= 0.3 is 0 Å². The quantitative estimate of drug-likeness (QED) is 0.848. The smallest absolute Gasteiger partial charge is 0.254 e. The van der Waals surface area contributed by atoms with E-state index in [0.717, 1.165) is 55.7 Å². The predicted octanol–water partition coefficient (Wildman–Crippen LogP) is 2.26. The molecule has 3 heterocycles. The Bertz CT molecular complexity index is 629. The van der Waals surface area contributed by atoms with Crippen LogP contribution < -0.4 is 4.90 Å². The minimum Gasteiger partial charge on any atom is -0.356 e. The predicted molar refractivity (Wildman–Crippen MR) is 88.2 cm³/mol. The van der Waals surface area contributed by atoms with Gasteiger partial charge in [0, 0.05) is 24.8 Å². The standard InChI is InChI=1S/C16H26N6/c1-4-8-20(3)12-14-18-16-17-13(2)11-15(22(16)19-14)21-9-6-5-7-10-21/h11H,4-10,12H2,1-3H3. The van der Waals surface area contributed by atoms with E-state index in [1.54, 1.807) is 0 Å². The van der Waals surface area contributed by atoms with E-state index in [2.05, 4.69) is 39.8 Å². The average molecular weight is 302 g/mol. The molecule has 0 unspecified atom stereocenters. The molecule has 2 aromatic heterocycles. The van der Waals surface area contributed by atoms with Crippen molar-refractivity contribution in [2.75, 3.05) is 31.6 Å². The summed E-state index contributed by atoms with van der Waals surface area (Å²) in [7, 11) is 2.11. The van der Waals surface area contributed by atoms with E-state index in [-0.39, 0.29) is 0 Å². The van der Waals surface area contributed by atoms with Crippen LogP contribution >= 0.6 is 0 Å². The molecule has 6 nitrogen and oxygen atoms in total. The maximum absolute atomic E-state index is 4.71. The molecule has 3 rings (SSSR count). The first kappa shape index (κ1) is 15.2. The largest absolute Gasteiger partial charge is 0.356 e. The second kappa shape index (κ2) is 6.60. The fraction of sp³-hybridized carbons (Fsp3) is 0.688. The van der Waals surface area contributed by atoms with Gasteiger partial charge in [0.25, 0.3) is 5.78 Å². The molecule has 6 heteroatoms. The van der Waals surface area contributed by atoms with E-state index in [4.69, 9.17) is 5.10 Å². The summed E-state index contributed by atoms with van der Waals surface area (Å²) in [6.45, 7) is 8.25. The van der Waals surface area contributed by atoms with Crippen LogP contribution in [-0.2, 0) is 6.54 Å². The highest BCUT2D eigenvalue weighted by Gasteiger charge is 2.17. The van der Waals surface area contributed by atoms with Crippen LogP contribution in [0.25, 0.3) is 5.78 Å². The van der Waals surface area contributed by atoms with Gasteiger partial charge in [-0.15, -0.1) is 5.10 Å². The van der Waals surface area contributed by atoms with Crippen LogP contribution in [0.2, 0.25) is 0 Å². The molecule has 22 heavy (non-hydrogen) atoms. The Morgan fingerprint density at radius 2 is 1.95 bits per heavy atom. The molecule has 0 aromatic carbocycles. The minimum atomic E-state index is 0.723. The normalized spacial score (nSPS) is 15.9. The fourth-order valence-electron chi connectivity index (χ4n) is 3.13. The summed E-state index contributed by atoms with van der Waals surface area (Å²) < 4.78 is 1.92. The summed E-state index contributed by atoms with van der Waals surface area (Å²) in [5.41, 5.74) is 1.01. The molecule has 0 atom stereocenters. The molecule has 2 aromatic rings. The summed E-state index contributed by atoms with van der Waals surface area (Å²) in [5.74, 6) is 2.71. The van der Waals surface area contributed by atoms with Crippen LogP contribution in [0.3, 0.4) is 0 Å². The highest BCUT2D eigenvalue weighted by molar-refractivity contribution is 5.47. The maximum atomic E-state index is 4.71. The van der Waals surface area contributed by atoms with Crippen molar-refractivity contribution in [2.24, 2.45) is 0 Å². The first-order chi connectivity index (χ1) is 10.7. The van der Waals surface area contributed by atoms with Crippen LogP contribution in [0.5, 0.6) is 0 Å². The average Bonchev–Trinajstić information content (AvgIpc) is 2.89. The van der Waals surface area contributed by atoms with Gasteiger partial charge in [0.2, 0.25) is 0 Å². The van der Waals surface area contributed by atoms with E-state index in [0.29, 0.717) is 0 Å². The lowest BCUT2D eigenvalue weighted by Crippen LogP contribution is -2.31. The monoisotopic (exact) mass is 302 g/mol. The van der Waals surface area contributed by atoms with E-state index in [1.807, 2.05) is 11.4 Å². The molecule has 1 aliphatic rings. The maximum Gasteiger partial charge on any atom is 0.254 e. The lowest BCUT2D eigenvalue weighted by atomic mass is 10.1. The zero-order chi connectivity index (χ0) is 15.5. The van der Waals surface area contributed by atoms with Gasteiger partial charge in [0.15, 0.2) is 5.82 Å². The highest BCUT2D eigenvalue weighted by atomic mass is 15.4. The molecular weight excluding hydrogens is 276 g/mol. The van der Waals surface area contributed by atoms with Crippen molar-refractivity contribution in [3.8, 4) is 0 Å². The zero-order valence-electron chi connectivity index (χ0n) is 13.9. The van der Waals surface area contributed by atoms with Crippen molar-refractivity contribution in [2.45, 2.75) is 46.1 Å². The molecule has 0 N–H and O–H groups in total. The number of hydrogen-bond donors (Lipinski definition) is 0. The Labute approximate surface area is 132 Å². The molecule has 0 spiro atoms. The number of anilines is 1. The lowest BCUT2D eigenvalue weighted by molar-refractivity contribution is 0.319. The summed E-state index contributed by atoms with van der Waals surface area (Å²) in [6, 6.07) is 2.13. The molecule has 0 radical (unpaired) electrons. The number of piperidine rings is 1.